The summed E-state index contributed by atoms with van der Waals surface area (Å²) in [7, 11) is 2.16. The molecule has 2 atom stereocenters. The lowest BCUT2D eigenvalue weighted by molar-refractivity contribution is 0.118. The number of ether oxygens (including phenoxy) is 1. The fourth-order valence-corrected chi connectivity index (χ4v) is 3.27. The number of hydrogen-bond donors (Lipinski definition) is 0. The van der Waals surface area contributed by atoms with E-state index in [-0.39, 0.29) is 0 Å². The molecule has 17 heavy (non-hydrogen) atoms. The fourth-order valence-electron chi connectivity index (χ4n) is 2.41. The summed E-state index contributed by atoms with van der Waals surface area (Å²) < 4.78 is 6.77. The molecule has 1 fully saturated rings. The Labute approximate surface area is 120 Å². The van der Waals surface area contributed by atoms with Gasteiger partial charge in [0.05, 0.1) is 12.1 Å². The zero-order valence-electron chi connectivity index (χ0n) is 10.1. The third-order valence-corrected chi connectivity index (χ3v) is 4.50. The van der Waals surface area contributed by atoms with Crippen LogP contribution in [0.1, 0.15) is 18.9 Å². The van der Waals surface area contributed by atoms with Crippen LogP contribution in [-0.2, 0) is 10.1 Å². The molecule has 1 aromatic carbocycles. The monoisotopic (exact) mass is 361 g/mol. The van der Waals surface area contributed by atoms with Gasteiger partial charge in [0.15, 0.2) is 0 Å². The Morgan fingerprint density at radius 3 is 2.82 bits per heavy atom. The molecule has 1 heterocycles. The summed E-state index contributed by atoms with van der Waals surface area (Å²) in [6.45, 7) is 3.02. The van der Waals surface area contributed by atoms with E-state index in [2.05, 4.69) is 68.9 Å². The predicted molar refractivity (Wildman–Crippen MR) is 79.0 cm³/mol. The molecule has 1 saturated heterocycles. The van der Waals surface area contributed by atoms with Gasteiger partial charge in [0.2, 0.25) is 0 Å². The molecule has 94 valence electrons. The minimum absolute atomic E-state index is 0.312. The van der Waals surface area contributed by atoms with Gasteiger partial charge < -0.3 is 9.64 Å². The molecule has 2 nitrogen and oxygen atoms in total. The minimum atomic E-state index is 0.312. The lowest BCUT2D eigenvalue weighted by atomic mass is 10.1. The van der Waals surface area contributed by atoms with Crippen LogP contribution in [-0.4, -0.2) is 25.8 Å². The highest BCUT2D eigenvalue weighted by Gasteiger charge is 2.28. The molecule has 0 radical (unpaired) electrons. The molecule has 2 rings (SSSR count). The summed E-state index contributed by atoms with van der Waals surface area (Å²) in [4.78, 5) is 2.35. The van der Waals surface area contributed by atoms with Gasteiger partial charge in [-0.15, -0.1) is 0 Å². The molecule has 0 N–H and O–H groups in total. The summed E-state index contributed by atoms with van der Waals surface area (Å²) in [6.07, 6.45) is 1.42. The van der Waals surface area contributed by atoms with Crippen LogP contribution in [0.25, 0.3) is 0 Å². The molecule has 0 saturated carbocycles. The Bertz CT molecular complexity index is 397. The van der Waals surface area contributed by atoms with Crippen molar-refractivity contribution in [3.8, 4) is 0 Å². The van der Waals surface area contributed by atoms with Gasteiger partial charge in [-0.25, -0.2) is 0 Å². The first kappa shape index (κ1) is 13.4. The first-order valence-electron chi connectivity index (χ1n) is 5.82. The highest BCUT2D eigenvalue weighted by molar-refractivity contribution is 9.10. The second-order valence-corrected chi connectivity index (χ2v) is 5.93. The van der Waals surface area contributed by atoms with E-state index < -0.39 is 0 Å². The highest BCUT2D eigenvalue weighted by atomic mass is 79.9. The number of rotatable bonds is 3. The summed E-state index contributed by atoms with van der Waals surface area (Å²) in [6, 6.07) is 6.92. The second-order valence-electron chi connectivity index (χ2n) is 4.45. The van der Waals surface area contributed by atoms with Crippen molar-refractivity contribution < 1.29 is 4.74 Å². The molecule has 1 aliphatic rings. The summed E-state index contributed by atoms with van der Waals surface area (Å²) in [5.74, 6) is 0. The zero-order chi connectivity index (χ0) is 12.4. The van der Waals surface area contributed by atoms with Gasteiger partial charge in [0, 0.05) is 29.1 Å². The molecule has 0 aliphatic carbocycles. The lowest BCUT2D eigenvalue weighted by Gasteiger charge is -2.30. The summed E-state index contributed by atoms with van der Waals surface area (Å²) in [5, 5.41) is 0.869. The van der Waals surface area contributed by atoms with Gasteiger partial charge in [0.1, 0.15) is 0 Å². The maximum atomic E-state index is 5.64. The van der Waals surface area contributed by atoms with Crippen LogP contribution < -0.4 is 4.90 Å². The topological polar surface area (TPSA) is 12.5 Å². The van der Waals surface area contributed by atoms with Crippen molar-refractivity contribution in [1.82, 2.24) is 0 Å². The fraction of sp³-hybridized carbons (Fsp3) is 0.538. The Morgan fingerprint density at radius 1 is 1.47 bits per heavy atom. The van der Waals surface area contributed by atoms with Crippen molar-refractivity contribution in [2.45, 2.75) is 30.8 Å². The van der Waals surface area contributed by atoms with Gasteiger partial charge in [-0.3, -0.25) is 0 Å². The molecule has 0 spiro atoms. The maximum Gasteiger partial charge on any atom is 0.0750 e. The Morgan fingerprint density at radius 2 is 2.24 bits per heavy atom. The van der Waals surface area contributed by atoms with Crippen LogP contribution in [0.2, 0.25) is 0 Å². The lowest BCUT2D eigenvalue weighted by Crippen LogP contribution is -2.37. The van der Waals surface area contributed by atoms with Crippen molar-refractivity contribution in [3.63, 3.8) is 0 Å². The molecular formula is C13H17Br2NO. The van der Waals surface area contributed by atoms with E-state index in [9.17, 15) is 0 Å². The number of halogens is 2. The zero-order valence-corrected chi connectivity index (χ0v) is 13.3. The summed E-state index contributed by atoms with van der Waals surface area (Å²) >= 11 is 7.07. The third kappa shape index (κ3) is 2.85. The van der Waals surface area contributed by atoms with Gasteiger partial charge >= 0.3 is 0 Å². The quantitative estimate of drug-likeness (QED) is 0.754. The number of likely N-dealkylation sites (N-methyl/N-ethyl adjacent to an activating group) is 1. The first-order valence-corrected chi connectivity index (χ1v) is 7.73. The van der Waals surface area contributed by atoms with Gasteiger partial charge in [-0.2, -0.15) is 0 Å². The van der Waals surface area contributed by atoms with E-state index in [1.54, 1.807) is 0 Å². The number of alkyl halides is 1. The van der Waals surface area contributed by atoms with Gasteiger partial charge in [0.25, 0.3) is 0 Å². The standard InChI is InChI=1S/C13H17Br2NO/c1-9-12(5-6-17-9)16(2)13-4-3-11(15)7-10(13)8-14/h3-4,7,9,12H,5-6,8H2,1-2H3. The van der Waals surface area contributed by atoms with Crippen molar-refractivity contribution in [2.24, 2.45) is 0 Å². The number of anilines is 1. The van der Waals surface area contributed by atoms with E-state index in [0.717, 1.165) is 22.8 Å². The summed E-state index contributed by atoms with van der Waals surface area (Å²) in [5.41, 5.74) is 2.59. The second kappa shape index (κ2) is 5.72. The number of hydrogen-bond acceptors (Lipinski definition) is 2. The van der Waals surface area contributed by atoms with Crippen LogP contribution in [0.3, 0.4) is 0 Å². The Balaban J connectivity index is 2.26. The van der Waals surface area contributed by atoms with Gasteiger partial charge in [-0.1, -0.05) is 31.9 Å². The van der Waals surface area contributed by atoms with Crippen molar-refractivity contribution in [2.75, 3.05) is 18.6 Å². The van der Waals surface area contributed by atoms with Crippen molar-refractivity contribution in [3.05, 3.63) is 28.2 Å². The largest absolute Gasteiger partial charge is 0.376 e. The van der Waals surface area contributed by atoms with Crippen LogP contribution in [0.15, 0.2) is 22.7 Å². The van der Waals surface area contributed by atoms with Gasteiger partial charge in [-0.05, 0) is 37.1 Å². The molecule has 1 aromatic rings. The molecule has 0 bridgehead atoms. The predicted octanol–water partition coefficient (Wildman–Crippen LogP) is 3.96. The van der Waals surface area contributed by atoms with E-state index in [1.165, 1.54) is 11.3 Å². The van der Waals surface area contributed by atoms with Crippen molar-refractivity contribution >= 4 is 37.5 Å². The molecular weight excluding hydrogens is 346 g/mol. The number of nitrogens with zero attached hydrogens (tertiary/aromatic N) is 1. The van der Waals surface area contributed by atoms with E-state index in [1.807, 2.05) is 0 Å². The third-order valence-electron chi connectivity index (χ3n) is 3.40. The molecule has 4 heteroatoms. The van der Waals surface area contributed by atoms with Crippen LogP contribution in [0.4, 0.5) is 5.69 Å². The van der Waals surface area contributed by atoms with Crippen molar-refractivity contribution in [1.29, 1.82) is 0 Å². The molecule has 1 aliphatic heterocycles. The maximum absolute atomic E-state index is 5.64. The SMILES string of the molecule is CC1OCCC1N(C)c1ccc(Br)cc1CBr. The minimum Gasteiger partial charge on any atom is -0.376 e. The Kier molecular flexibility index (Phi) is 4.50. The first-order chi connectivity index (χ1) is 8.13. The smallest absolute Gasteiger partial charge is 0.0750 e. The molecule has 2 unspecified atom stereocenters. The molecule has 0 amide bonds. The van der Waals surface area contributed by atoms with E-state index >= 15 is 0 Å². The average molecular weight is 363 g/mol. The van der Waals surface area contributed by atoms with Crippen LogP contribution in [0, 0.1) is 0 Å². The normalized spacial score (nSPS) is 24.0. The highest BCUT2D eigenvalue weighted by Crippen LogP contribution is 2.30. The van der Waals surface area contributed by atoms with Crippen LogP contribution >= 0.6 is 31.9 Å². The average Bonchev–Trinajstić information content (AvgIpc) is 2.74. The molecule has 0 aromatic heterocycles. The van der Waals surface area contributed by atoms with Crippen LogP contribution in [0.5, 0.6) is 0 Å². The van der Waals surface area contributed by atoms with E-state index in [4.69, 9.17) is 4.74 Å². The number of benzene rings is 1. The Hall–Kier alpha value is -0.0600. The van der Waals surface area contributed by atoms with E-state index in [0.29, 0.717) is 12.1 Å².